The van der Waals surface area contributed by atoms with Gasteiger partial charge in [0.2, 0.25) is 0 Å². The normalized spacial score (nSPS) is 9.36. The Bertz CT molecular complexity index is 233. The molecule has 0 aliphatic heterocycles. The van der Waals surface area contributed by atoms with E-state index in [0.717, 1.165) is 13.8 Å². The predicted molar refractivity (Wildman–Crippen MR) is 35.5 cm³/mol. The summed E-state index contributed by atoms with van der Waals surface area (Å²) in [7, 11) is -4.38. The molecular formula is C4H8O6S. The molecule has 0 heterocycles. The van der Waals surface area contributed by atoms with Crippen molar-refractivity contribution in [3.63, 3.8) is 0 Å². The van der Waals surface area contributed by atoms with E-state index in [-0.39, 0.29) is 0 Å². The van der Waals surface area contributed by atoms with Crippen molar-refractivity contribution in [3.05, 3.63) is 0 Å². The van der Waals surface area contributed by atoms with Crippen molar-refractivity contribution in [3.8, 4) is 0 Å². The maximum atomic E-state index is 9.63. The highest BCUT2D eigenvalue weighted by Crippen LogP contribution is 1.79. The van der Waals surface area contributed by atoms with Gasteiger partial charge in [0.1, 0.15) is 0 Å². The first-order valence-corrected chi connectivity index (χ1v) is 3.79. The van der Waals surface area contributed by atoms with Crippen molar-refractivity contribution in [2.45, 2.75) is 13.8 Å². The Labute approximate surface area is 63.6 Å². The fourth-order valence-corrected chi connectivity index (χ4v) is 0. The predicted octanol–water partition coefficient (Wildman–Crippen LogP) is -0.488. The Kier molecular flexibility index (Phi) is 5.55. The number of carbonyl (C=O) groups excluding carboxylic acids is 1. The molecule has 0 saturated heterocycles. The second kappa shape index (κ2) is 4.80. The lowest BCUT2D eigenvalue weighted by Crippen LogP contribution is -2.07. The fourth-order valence-electron chi connectivity index (χ4n) is 0. The summed E-state index contributed by atoms with van der Waals surface area (Å²) in [6.45, 7) is 1.86. The topological polar surface area (TPSA) is 109 Å². The molecule has 0 radical (unpaired) electrons. The van der Waals surface area contributed by atoms with Gasteiger partial charge in [-0.1, -0.05) is 0 Å². The molecule has 7 heteroatoms. The molecular weight excluding hydrogens is 176 g/mol. The molecule has 0 atom stereocenters. The van der Waals surface area contributed by atoms with Crippen molar-refractivity contribution >= 4 is 21.2 Å². The van der Waals surface area contributed by atoms with Gasteiger partial charge in [0.05, 0.1) is 0 Å². The number of aliphatic carboxylic acids is 1. The summed E-state index contributed by atoms with van der Waals surface area (Å²) in [5, 5.41) is 6.19. The van der Waals surface area contributed by atoms with Crippen LogP contribution in [0.15, 0.2) is 0 Å². The Morgan fingerprint density at radius 2 is 1.27 bits per heavy atom. The molecule has 11 heavy (non-hydrogen) atoms. The Balaban J connectivity index is 0. The van der Waals surface area contributed by atoms with Gasteiger partial charge in [0, 0.05) is 13.8 Å². The molecule has 0 bridgehead atoms. The summed E-state index contributed by atoms with van der Waals surface area (Å²) in [5.74, 6) is -0.833. The molecule has 0 amide bonds. The van der Waals surface area contributed by atoms with Crippen molar-refractivity contribution in [2.75, 3.05) is 0 Å². The van der Waals surface area contributed by atoms with Crippen LogP contribution in [0.2, 0.25) is 0 Å². The van der Waals surface area contributed by atoms with Crippen LogP contribution in [0.5, 0.6) is 0 Å². The fraction of sp³-hybridized carbons (Fsp3) is 0.500. The van der Waals surface area contributed by atoms with E-state index in [1.165, 1.54) is 0 Å². The quantitative estimate of drug-likeness (QED) is 0.492. The minimum atomic E-state index is -4.38. The average molecular weight is 184 g/mol. The maximum absolute atomic E-state index is 9.63. The number of hydrogen-bond donors (Lipinski definition) is 2. The lowest BCUT2D eigenvalue weighted by molar-refractivity contribution is -0.134. The highest BCUT2D eigenvalue weighted by molar-refractivity contribution is 8.01. The van der Waals surface area contributed by atoms with Crippen LogP contribution >= 0.6 is 0 Å². The van der Waals surface area contributed by atoms with Crippen LogP contribution in [-0.2, 0) is 19.7 Å². The van der Waals surface area contributed by atoms with Crippen LogP contribution in [-0.4, -0.2) is 29.2 Å². The summed E-state index contributed by atoms with van der Waals surface area (Å²) in [4.78, 5) is 18.6. The van der Waals surface area contributed by atoms with Crippen molar-refractivity contribution in [2.24, 2.45) is 0 Å². The third kappa shape index (κ3) is 17.6. The van der Waals surface area contributed by atoms with E-state index < -0.39 is 21.2 Å². The van der Waals surface area contributed by atoms with Crippen LogP contribution in [0.3, 0.4) is 0 Å². The summed E-state index contributed by atoms with van der Waals surface area (Å²) < 4.78 is 26.8. The monoisotopic (exact) mass is 184 g/mol. The molecule has 0 spiro atoms. The molecule has 0 aromatic rings. The van der Waals surface area contributed by atoms with E-state index in [4.69, 9.17) is 14.5 Å². The van der Waals surface area contributed by atoms with Gasteiger partial charge >= 0.3 is 10.1 Å². The smallest absolute Gasteiger partial charge is 0.328 e. The van der Waals surface area contributed by atoms with Crippen molar-refractivity contribution in [1.82, 2.24) is 0 Å². The van der Waals surface area contributed by atoms with Gasteiger partial charge in [-0.2, -0.15) is 8.42 Å². The van der Waals surface area contributed by atoms with Gasteiger partial charge in [-0.3, -0.25) is 14.1 Å². The van der Waals surface area contributed by atoms with Gasteiger partial charge < -0.3 is 5.11 Å². The number of carboxylic acids is 1. The standard InChI is InChI=1S/C2H4O4S.C2H4O2/c1-2(3)7(4,5)6;1-2(3)4/h1H3,(H,4,5,6);1H3,(H,3,4). The SMILES string of the molecule is CC(=O)O.CC(=O)S(=O)(=O)O. The summed E-state index contributed by atoms with van der Waals surface area (Å²) in [6, 6.07) is 0. The van der Waals surface area contributed by atoms with E-state index >= 15 is 0 Å². The second-order valence-corrected chi connectivity index (χ2v) is 3.01. The summed E-state index contributed by atoms with van der Waals surface area (Å²) >= 11 is 0. The third-order valence-electron chi connectivity index (χ3n) is 0.363. The number of carboxylic acid groups (broad SMARTS) is 1. The van der Waals surface area contributed by atoms with E-state index in [1.54, 1.807) is 0 Å². The average Bonchev–Trinajstić information content (AvgIpc) is 1.59. The third-order valence-corrected chi connectivity index (χ3v) is 1.09. The number of carbonyl (C=O) groups is 2. The molecule has 0 rings (SSSR count). The van der Waals surface area contributed by atoms with Gasteiger partial charge in [0.15, 0.2) is 0 Å². The highest BCUT2D eigenvalue weighted by Gasteiger charge is 2.09. The van der Waals surface area contributed by atoms with Gasteiger partial charge in [0.25, 0.3) is 11.1 Å². The van der Waals surface area contributed by atoms with E-state index in [2.05, 4.69) is 0 Å². The van der Waals surface area contributed by atoms with Crippen LogP contribution in [0.25, 0.3) is 0 Å². The Hall–Kier alpha value is -0.950. The van der Waals surface area contributed by atoms with Crippen molar-refractivity contribution in [1.29, 1.82) is 0 Å². The largest absolute Gasteiger partial charge is 0.481 e. The summed E-state index contributed by atoms with van der Waals surface area (Å²) in [5.41, 5.74) is 0. The minimum absolute atomic E-state index is 0.773. The minimum Gasteiger partial charge on any atom is -0.481 e. The van der Waals surface area contributed by atoms with Gasteiger partial charge in [-0.25, -0.2) is 0 Å². The molecule has 0 fully saturated rings. The zero-order valence-corrected chi connectivity index (χ0v) is 6.75. The molecule has 0 aromatic carbocycles. The molecule has 66 valence electrons. The van der Waals surface area contributed by atoms with E-state index in [0.29, 0.717) is 0 Å². The molecule has 0 aromatic heterocycles. The zero-order chi connectivity index (χ0) is 9.65. The molecule has 0 aliphatic carbocycles. The molecule has 0 aliphatic rings. The second-order valence-electron chi connectivity index (χ2n) is 1.49. The first kappa shape index (κ1) is 12.7. The first-order valence-electron chi connectivity index (χ1n) is 2.35. The molecule has 6 nitrogen and oxygen atoms in total. The maximum Gasteiger partial charge on any atom is 0.328 e. The molecule has 0 saturated carbocycles. The van der Waals surface area contributed by atoms with Gasteiger partial charge in [-0.05, 0) is 0 Å². The zero-order valence-electron chi connectivity index (χ0n) is 5.94. The van der Waals surface area contributed by atoms with Crippen LogP contribution in [0.4, 0.5) is 0 Å². The number of hydrogen-bond acceptors (Lipinski definition) is 4. The van der Waals surface area contributed by atoms with E-state index in [9.17, 15) is 13.2 Å². The summed E-state index contributed by atoms with van der Waals surface area (Å²) in [6.07, 6.45) is 0. The lowest BCUT2D eigenvalue weighted by Gasteiger charge is -1.80. The Morgan fingerprint density at radius 1 is 1.18 bits per heavy atom. The molecule has 2 N–H and O–H groups in total. The highest BCUT2D eigenvalue weighted by atomic mass is 32.2. The van der Waals surface area contributed by atoms with E-state index in [1.807, 2.05) is 0 Å². The van der Waals surface area contributed by atoms with Crippen molar-refractivity contribution < 1.29 is 27.7 Å². The van der Waals surface area contributed by atoms with Gasteiger partial charge in [-0.15, -0.1) is 0 Å². The Morgan fingerprint density at radius 3 is 1.27 bits per heavy atom. The lowest BCUT2D eigenvalue weighted by atomic mass is 10.9. The number of rotatable bonds is 0. The molecule has 0 unspecified atom stereocenters. The van der Waals surface area contributed by atoms with Crippen LogP contribution in [0, 0.1) is 0 Å². The van der Waals surface area contributed by atoms with Crippen LogP contribution in [0.1, 0.15) is 13.8 Å². The van der Waals surface area contributed by atoms with Crippen LogP contribution < -0.4 is 0 Å². The first-order chi connectivity index (χ1) is 4.68.